The quantitative estimate of drug-likeness (QED) is 0.0171. The summed E-state index contributed by atoms with van der Waals surface area (Å²) < 4.78 is 5.23. The molecule has 11 atom stereocenters. The molecule has 28 nitrogen and oxygen atoms in total. The lowest BCUT2D eigenvalue weighted by Gasteiger charge is -2.33. The fourth-order valence-electron chi connectivity index (χ4n) is 8.40. The maximum absolute atomic E-state index is 13.9. The maximum Gasteiger partial charge on any atom is 0.408 e. The van der Waals surface area contributed by atoms with Gasteiger partial charge in [-0.2, -0.15) is 0 Å². The minimum absolute atomic E-state index is 0.0115. The van der Waals surface area contributed by atoms with Gasteiger partial charge in [-0.3, -0.25) is 34.8 Å². The number of nitrogens with two attached hydrogens (primary N) is 2. The van der Waals surface area contributed by atoms with Crippen LogP contribution in [-0.2, 0) is 32.0 Å². The first-order valence-electron chi connectivity index (χ1n) is 27.8. The third kappa shape index (κ3) is 24.7. The Hall–Kier alpha value is -6.41. The summed E-state index contributed by atoms with van der Waals surface area (Å²) >= 11 is 5.85. The van der Waals surface area contributed by atoms with Crippen molar-refractivity contribution in [3.05, 3.63) is 70.5 Å². The first kappa shape index (κ1) is 71.9. The molecule has 2 aromatic carbocycles. The van der Waals surface area contributed by atoms with Crippen molar-refractivity contribution in [2.24, 2.45) is 0 Å². The Morgan fingerprint density at radius 3 is 1.65 bits per heavy atom. The maximum atomic E-state index is 13.9. The Morgan fingerprint density at radius 1 is 0.643 bits per heavy atom. The molecule has 5 amide bonds. The molecule has 0 radical (unpaired) electrons. The van der Waals surface area contributed by atoms with Gasteiger partial charge in [-0.1, -0.05) is 67.1 Å². The standard InChI is InChI=1S/C55H87ClN12O16/c1-6-35(63-49(79)30(2)62-54(83)84-55(3,4)5)51(81)64-36(14-8-10-25-68(26-37(71)42(75)44(77)39(73)28-69)27-38(72)43(76)45(78)40(74)29-70)50(80)60-24-11-13-32-17-21-34(22-18-32)33-19-15-31(16-20-33)12-7-9-23-61-53(59)67-52(82)41-47(57)66-48(58)46(56)65-41/h15-22,30,35-40,42-45,69-78H,6-14,23-29H2,1-5H3,(H,60,80)(H,62,83)(H,63,79)(H,64,81)(H4,57,58,66)(H3,59,61,67,82)/t30-,35-,36-,37-,38-,39+,40+,42+,43+,44+,45+/m0/s1. The predicted molar refractivity (Wildman–Crippen MR) is 311 cm³/mol. The predicted octanol–water partition coefficient (Wildman–Crippen LogP) is -2.08. The minimum Gasteiger partial charge on any atom is -0.444 e. The monoisotopic (exact) mass is 1210 g/mol. The lowest BCUT2D eigenvalue weighted by atomic mass is 9.99. The van der Waals surface area contributed by atoms with Crippen molar-refractivity contribution in [3.63, 3.8) is 0 Å². The molecule has 0 bridgehead atoms. The second-order valence-corrected chi connectivity index (χ2v) is 21.7. The molecule has 1 heterocycles. The zero-order valence-electron chi connectivity index (χ0n) is 48.1. The smallest absolute Gasteiger partial charge is 0.408 e. The largest absolute Gasteiger partial charge is 0.444 e. The summed E-state index contributed by atoms with van der Waals surface area (Å²) in [5, 5.41) is 125. The molecular formula is C55H87ClN12O16. The van der Waals surface area contributed by atoms with Crippen LogP contribution < -0.4 is 43.4 Å². The molecule has 0 aliphatic rings. The molecule has 0 saturated heterocycles. The van der Waals surface area contributed by atoms with E-state index in [0.717, 1.165) is 35.1 Å². The van der Waals surface area contributed by atoms with Crippen LogP contribution in [0.1, 0.15) is 101 Å². The molecular weight excluding hydrogens is 1120 g/mol. The third-order valence-electron chi connectivity index (χ3n) is 13.3. The second-order valence-electron chi connectivity index (χ2n) is 21.4. The molecule has 0 aliphatic heterocycles. The third-order valence-corrected chi connectivity index (χ3v) is 13.6. The van der Waals surface area contributed by atoms with Gasteiger partial charge in [-0.15, -0.1) is 0 Å². The van der Waals surface area contributed by atoms with Crippen LogP contribution in [0.15, 0.2) is 48.5 Å². The van der Waals surface area contributed by atoms with Gasteiger partial charge in [0.25, 0.3) is 5.91 Å². The SMILES string of the molecule is CC[C@H](NC(=O)[C@H](C)NC(=O)OC(C)(C)C)C(=O)N[C@@H](CCCCN(C[C@H](O)[C@@H](O)[C@H](O)[C@H](O)CO)C[C@H](O)[C@@H](O)[C@H](O)[C@H](O)CO)C(=O)NCCCc1ccc(-c2ccc(CCCCNC(=N)NC(=O)c3nc(Cl)c(N)nc3N)cc2)cc1. The number of anilines is 2. The minimum atomic E-state index is -1.99. The molecule has 0 unspecified atom stereocenters. The zero-order chi connectivity index (χ0) is 62.8. The van der Waals surface area contributed by atoms with Gasteiger partial charge in [0.1, 0.15) is 60.4 Å². The highest BCUT2D eigenvalue weighted by atomic mass is 35.5. The van der Waals surface area contributed by atoms with Crippen LogP contribution in [0, 0.1) is 5.41 Å². The van der Waals surface area contributed by atoms with Crippen molar-refractivity contribution < 1.29 is 79.8 Å². The normalized spacial score (nSPS) is 15.6. The number of carbonyl (C=O) groups is 5. The number of rotatable bonds is 35. The molecule has 470 valence electrons. The molecule has 1 aromatic heterocycles. The number of guanidine groups is 1. The number of halogens is 1. The first-order valence-corrected chi connectivity index (χ1v) is 28.1. The number of hydrogen-bond acceptors (Lipinski definition) is 22. The Morgan fingerprint density at radius 2 is 1.14 bits per heavy atom. The average Bonchev–Trinajstić information content (AvgIpc) is 3.62. The van der Waals surface area contributed by atoms with E-state index in [2.05, 4.69) is 41.9 Å². The van der Waals surface area contributed by atoms with Crippen molar-refractivity contribution in [3.8, 4) is 11.1 Å². The highest BCUT2D eigenvalue weighted by Gasteiger charge is 2.35. The number of alkyl carbamates (subject to hydrolysis) is 1. The molecule has 0 spiro atoms. The number of nitrogens with zero attached hydrogens (tertiary/aromatic N) is 3. The van der Waals surface area contributed by atoms with Gasteiger partial charge in [-0.25, -0.2) is 14.8 Å². The first-order chi connectivity index (χ1) is 39.6. The van der Waals surface area contributed by atoms with E-state index in [-0.39, 0.29) is 67.2 Å². The summed E-state index contributed by atoms with van der Waals surface area (Å²) in [6.45, 7) is 5.71. The number of carbonyl (C=O) groups excluding carboxylic acids is 5. The molecule has 0 fully saturated rings. The van der Waals surface area contributed by atoms with E-state index in [4.69, 9.17) is 33.2 Å². The fraction of sp³-hybridized carbons (Fsp3) is 0.600. The van der Waals surface area contributed by atoms with Crippen molar-refractivity contribution in [1.82, 2.24) is 46.8 Å². The van der Waals surface area contributed by atoms with Crippen LogP contribution in [0.3, 0.4) is 0 Å². The molecule has 3 rings (SSSR count). The van der Waals surface area contributed by atoms with Crippen LogP contribution in [0.2, 0.25) is 5.15 Å². The Labute approximate surface area is 493 Å². The van der Waals surface area contributed by atoms with Crippen LogP contribution in [-0.4, -0.2) is 220 Å². The topological polar surface area (TPSA) is 474 Å². The van der Waals surface area contributed by atoms with E-state index in [9.17, 15) is 75.0 Å². The number of aromatic nitrogens is 2. The highest BCUT2D eigenvalue weighted by molar-refractivity contribution is 6.31. The van der Waals surface area contributed by atoms with Crippen LogP contribution in [0.25, 0.3) is 11.1 Å². The lowest BCUT2D eigenvalue weighted by molar-refractivity contribution is -0.132. The molecule has 29 heteroatoms. The van der Waals surface area contributed by atoms with Crippen molar-refractivity contribution in [2.45, 2.75) is 165 Å². The van der Waals surface area contributed by atoms with E-state index in [1.54, 1.807) is 27.7 Å². The molecule has 0 saturated carbocycles. The van der Waals surface area contributed by atoms with Gasteiger partial charge >= 0.3 is 6.09 Å². The van der Waals surface area contributed by atoms with Gasteiger partial charge in [0.2, 0.25) is 17.7 Å². The van der Waals surface area contributed by atoms with E-state index in [0.29, 0.717) is 25.8 Å². The number of ether oxygens (including phenoxy) is 1. The van der Waals surface area contributed by atoms with Crippen LogP contribution in [0.5, 0.6) is 0 Å². The molecule has 3 aromatic rings. The average molecular weight is 1210 g/mol. The number of nitrogen functional groups attached to an aromatic ring is 2. The Balaban J connectivity index is 1.63. The number of nitrogens with one attached hydrogen (secondary N) is 7. The van der Waals surface area contributed by atoms with E-state index in [1.807, 2.05) is 48.5 Å². The van der Waals surface area contributed by atoms with E-state index < -0.39 is 129 Å². The number of benzene rings is 2. The number of amides is 5. The summed E-state index contributed by atoms with van der Waals surface area (Å²) in [5.74, 6) is -3.26. The van der Waals surface area contributed by atoms with E-state index >= 15 is 0 Å². The summed E-state index contributed by atoms with van der Waals surface area (Å²) in [5.41, 5.74) is 14.3. The number of aliphatic hydroxyl groups excluding tert-OH is 10. The Kier molecular flexibility index (Phi) is 30.6. The van der Waals surface area contributed by atoms with Crippen LogP contribution in [0.4, 0.5) is 16.4 Å². The van der Waals surface area contributed by atoms with Crippen LogP contribution >= 0.6 is 11.6 Å². The summed E-state index contributed by atoms with van der Waals surface area (Å²) in [6.07, 6.45) is -12.2. The van der Waals surface area contributed by atoms with Gasteiger partial charge in [0.15, 0.2) is 28.4 Å². The second kappa shape index (κ2) is 35.8. The van der Waals surface area contributed by atoms with Crippen molar-refractivity contribution >= 4 is 58.9 Å². The summed E-state index contributed by atoms with van der Waals surface area (Å²) in [6, 6.07) is 12.7. The van der Waals surface area contributed by atoms with Crippen molar-refractivity contribution in [1.29, 1.82) is 5.41 Å². The number of hydrogen-bond donors (Lipinski definition) is 19. The van der Waals surface area contributed by atoms with Gasteiger partial charge in [-0.05, 0) is 114 Å². The fourth-order valence-corrected chi connectivity index (χ4v) is 8.53. The number of aryl methyl sites for hydroxylation is 2. The molecule has 84 heavy (non-hydrogen) atoms. The summed E-state index contributed by atoms with van der Waals surface area (Å²) in [7, 11) is 0. The van der Waals surface area contributed by atoms with Crippen molar-refractivity contribution in [2.75, 3.05) is 57.4 Å². The lowest BCUT2D eigenvalue weighted by Crippen LogP contribution is -2.56. The van der Waals surface area contributed by atoms with Gasteiger partial charge in [0.05, 0.1) is 25.4 Å². The van der Waals surface area contributed by atoms with Gasteiger partial charge < -0.3 is 93.9 Å². The summed E-state index contributed by atoms with van der Waals surface area (Å²) in [4.78, 5) is 74.5. The molecule has 21 N–H and O–H groups in total. The van der Waals surface area contributed by atoms with Gasteiger partial charge in [0, 0.05) is 26.2 Å². The highest BCUT2D eigenvalue weighted by Crippen LogP contribution is 2.22. The Bertz CT molecular complexity index is 2520. The van der Waals surface area contributed by atoms with E-state index in [1.165, 1.54) is 11.8 Å². The number of aliphatic hydroxyl groups is 10. The number of unbranched alkanes of at least 4 members (excludes halogenated alkanes) is 2. The zero-order valence-corrected chi connectivity index (χ0v) is 48.8. The molecule has 0 aliphatic carbocycles.